The Kier molecular flexibility index (Phi) is 9.15. The molecule has 1 aromatic heterocycles. The van der Waals surface area contributed by atoms with Gasteiger partial charge in [-0.1, -0.05) is 61.0 Å². The number of nitrogens with zero attached hydrogens (tertiary/aromatic N) is 3. The number of carbonyl (C=O) groups excluding carboxylic acids is 2. The van der Waals surface area contributed by atoms with Crippen molar-refractivity contribution in [2.45, 2.75) is 32.4 Å². The van der Waals surface area contributed by atoms with Crippen molar-refractivity contribution in [3.63, 3.8) is 0 Å². The second kappa shape index (κ2) is 12.7. The van der Waals surface area contributed by atoms with E-state index in [1.165, 1.54) is 11.3 Å². The molecular weight excluding hydrogens is 516 g/mol. The SMILES string of the molecule is CCC(C(=O)Nc1ccc(N(C)C)cc1)N(Cc1nc(-c2ccc(Cl)cc2)cs1)C(=O)Cc1ccccc1. The molecule has 0 aliphatic rings. The maximum Gasteiger partial charge on any atom is 0.247 e. The van der Waals surface area contributed by atoms with Crippen LogP contribution in [0.25, 0.3) is 11.3 Å². The lowest BCUT2D eigenvalue weighted by molar-refractivity contribution is -0.139. The van der Waals surface area contributed by atoms with Crippen LogP contribution in [0.1, 0.15) is 23.9 Å². The van der Waals surface area contributed by atoms with E-state index in [9.17, 15) is 9.59 Å². The fraction of sp³-hybridized carbons (Fsp3) is 0.233. The fourth-order valence-corrected chi connectivity index (χ4v) is 5.07. The van der Waals surface area contributed by atoms with Crippen molar-refractivity contribution in [3.8, 4) is 11.3 Å². The van der Waals surface area contributed by atoms with E-state index in [4.69, 9.17) is 16.6 Å². The van der Waals surface area contributed by atoms with E-state index in [-0.39, 0.29) is 24.8 Å². The smallest absolute Gasteiger partial charge is 0.247 e. The molecule has 38 heavy (non-hydrogen) atoms. The zero-order valence-electron chi connectivity index (χ0n) is 21.7. The molecule has 8 heteroatoms. The van der Waals surface area contributed by atoms with Crippen LogP contribution in [0.15, 0.2) is 84.2 Å². The van der Waals surface area contributed by atoms with Gasteiger partial charge in [0.15, 0.2) is 0 Å². The third kappa shape index (κ3) is 7.00. The van der Waals surface area contributed by atoms with Gasteiger partial charge in [-0.3, -0.25) is 9.59 Å². The zero-order chi connectivity index (χ0) is 27.1. The molecule has 1 unspecified atom stereocenters. The minimum atomic E-state index is -0.650. The van der Waals surface area contributed by atoms with Crippen LogP contribution in [-0.2, 0) is 22.6 Å². The summed E-state index contributed by atoms with van der Waals surface area (Å²) in [5.41, 5.74) is 4.39. The second-order valence-electron chi connectivity index (χ2n) is 9.17. The Bertz CT molecular complexity index is 1360. The lowest BCUT2D eigenvalue weighted by Gasteiger charge is -2.30. The fourth-order valence-electron chi connectivity index (χ4n) is 4.14. The summed E-state index contributed by atoms with van der Waals surface area (Å²) in [4.78, 5) is 35.5. The summed E-state index contributed by atoms with van der Waals surface area (Å²) < 4.78 is 0. The number of nitrogens with one attached hydrogen (secondary N) is 1. The Morgan fingerprint density at radius 3 is 2.29 bits per heavy atom. The van der Waals surface area contributed by atoms with Gasteiger partial charge >= 0.3 is 0 Å². The molecule has 2 amide bonds. The first-order valence-electron chi connectivity index (χ1n) is 12.5. The van der Waals surface area contributed by atoms with Crippen LogP contribution in [0.5, 0.6) is 0 Å². The standard InChI is InChI=1S/C30H31ClN4O2S/c1-4-27(30(37)32-24-14-16-25(17-15-24)34(2)3)35(29(36)18-21-8-6-5-7-9-21)19-28-33-26(20-38-28)22-10-12-23(31)13-11-22/h5-17,20,27H,4,18-19H2,1-3H3,(H,32,37). The lowest BCUT2D eigenvalue weighted by atomic mass is 10.1. The monoisotopic (exact) mass is 546 g/mol. The summed E-state index contributed by atoms with van der Waals surface area (Å²) in [6, 6.07) is 24.1. The van der Waals surface area contributed by atoms with E-state index in [2.05, 4.69) is 5.32 Å². The summed E-state index contributed by atoms with van der Waals surface area (Å²) >= 11 is 7.51. The topological polar surface area (TPSA) is 65.5 Å². The largest absolute Gasteiger partial charge is 0.378 e. The number of aromatic nitrogens is 1. The quantitative estimate of drug-likeness (QED) is 0.246. The minimum Gasteiger partial charge on any atom is -0.378 e. The van der Waals surface area contributed by atoms with Gasteiger partial charge in [-0.25, -0.2) is 4.98 Å². The van der Waals surface area contributed by atoms with Crippen molar-refractivity contribution < 1.29 is 9.59 Å². The van der Waals surface area contributed by atoms with E-state index >= 15 is 0 Å². The first kappa shape index (κ1) is 27.4. The second-order valence-corrected chi connectivity index (χ2v) is 10.6. The molecule has 0 aliphatic carbocycles. The molecule has 0 radical (unpaired) electrons. The number of halogens is 1. The van der Waals surface area contributed by atoms with Gasteiger partial charge in [0.25, 0.3) is 0 Å². The van der Waals surface area contributed by atoms with Crippen molar-refractivity contribution in [2.24, 2.45) is 0 Å². The first-order chi connectivity index (χ1) is 18.3. The summed E-state index contributed by atoms with van der Waals surface area (Å²) in [5, 5.41) is 6.39. The third-order valence-electron chi connectivity index (χ3n) is 6.23. The number of hydrogen-bond acceptors (Lipinski definition) is 5. The van der Waals surface area contributed by atoms with E-state index in [1.807, 2.05) is 110 Å². The Morgan fingerprint density at radius 1 is 0.974 bits per heavy atom. The van der Waals surface area contributed by atoms with Crippen LogP contribution in [0, 0.1) is 0 Å². The Hall–Kier alpha value is -3.68. The van der Waals surface area contributed by atoms with Gasteiger partial charge in [0.05, 0.1) is 18.7 Å². The highest BCUT2D eigenvalue weighted by molar-refractivity contribution is 7.09. The van der Waals surface area contributed by atoms with Crippen molar-refractivity contribution >= 4 is 46.1 Å². The lowest BCUT2D eigenvalue weighted by Crippen LogP contribution is -2.47. The van der Waals surface area contributed by atoms with E-state index in [1.54, 1.807) is 4.90 Å². The molecule has 1 N–H and O–H groups in total. The van der Waals surface area contributed by atoms with Gasteiger partial charge < -0.3 is 15.1 Å². The van der Waals surface area contributed by atoms with Crippen molar-refractivity contribution in [1.29, 1.82) is 0 Å². The summed E-state index contributed by atoms with van der Waals surface area (Å²) in [6.45, 7) is 2.17. The van der Waals surface area contributed by atoms with Gasteiger partial charge in [0.2, 0.25) is 11.8 Å². The van der Waals surface area contributed by atoms with Crippen molar-refractivity contribution in [3.05, 3.63) is 99.8 Å². The Balaban J connectivity index is 1.57. The maximum atomic E-state index is 13.6. The number of hydrogen-bond donors (Lipinski definition) is 1. The average Bonchev–Trinajstić information content (AvgIpc) is 3.38. The van der Waals surface area contributed by atoms with Crippen molar-refractivity contribution in [1.82, 2.24) is 9.88 Å². The zero-order valence-corrected chi connectivity index (χ0v) is 23.3. The normalized spacial score (nSPS) is 11.6. The molecule has 0 bridgehead atoms. The van der Waals surface area contributed by atoms with Gasteiger partial charge in [0.1, 0.15) is 11.0 Å². The van der Waals surface area contributed by atoms with Gasteiger partial charge in [0, 0.05) is 41.4 Å². The Labute approximate surface area is 232 Å². The molecule has 0 saturated carbocycles. The average molecular weight is 547 g/mol. The highest BCUT2D eigenvalue weighted by Crippen LogP contribution is 2.26. The molecule has 1 atom stereocenters. The number of carbonyl (C=O) groups is 2. The van der Waals surface area contributed by atoms with E-state index in [0.29, 0.717) is 17.1 Å². The molecule has 0 spiro atoms. The summed E-state index contributed by atoms with van der Waals surface area (Å²) in [5.74, 6) is -0.342. The van der Waals surface area contributed by atoms with Crippen molar-refractivity contribution in [2.75, 3.05) is 24.3 Å². The first-order valence-corrected chi connectivity index (χ1v) is 13.7. The van der Waals surface area contributed by atoms with E-state index < -0.39 is 6.04 Å². The Morgan fingerprint density at radius 2 is 1.66 bits per heavy atom. The molecule has 1 heterocycles. The van der Waals surface area contributed by atoms with Crippen LogP contribution in [0.4, 0.5) is 11.4 Å². The predicted molar refractivity (Wildman–Crippen MR) is 157 cm³/mol. The molecule has 4 aromatic rings. The van der Waals surface area contributed by atoms with Crippen LogP contribution in [0.3, 0.4) is 0 Å². The summed E-state index contributed by atoms with van der Waals surface area (Å²) in [6.07, 6.45) is 0.676. The third-order valence-corrected chi connectivity index (χ3v) is 7.32. The predicted octanol–water partition coefficient (Wildman–Crippen LogP) is 6.52. The van der Waals surface area contributed by atoms with Gasteiger partial charge in [-0.15, -0.1) is 11.3 Å². The molecule has 0 saturated heterocycles. The molecule has 6 nitrogen and oxygen atoms in total. The maximum absolute atomic E-state index is 13.6. The number of amides is 2. The number of rotatable bonds is 10. The number of anilines is 2. The molecule has 3 aromatic carbocycles. The molecule has 4 rings (SSSR count). The molecule has 0 aliphatic heterocycles. The number of thiazole rings is 1. The molecular formula is C30H31ClN4O2S. The van der Waals surface area contributed by atoms with Crippen LogP contribution >= 0.6 is 22.9 Å². The van der Waals surface area contributed by atoms with E-state index in [0.717, 1.165) is 27.5 Å². The van der Waals surface area contributed by atoms with Gasteiger partial charge in [-0.2, -0.15) is 0 Å². The molecule has 196 valence electrons. The van der Waals surface area contributed by atoms with Crippen LogP contribution < -0.4 is 10.2 Å². The highest BCUT2D eigenvalue weighted by atomic mass is 35.5. The van der Waals surface area contributed by atoms with Crippen LogP contribution in [-0.4, -0.2) is 41.8 Å². The van der Waals surface area contributed by atoms with Crippen LogP contribution in [0.2, 0.25) is 5.02 Å². The highest BCUT2D eigenvalue weighted by Gasteiger charge is 2.29. The minimum absolute atomic E-state index is 0.121. The van der Waals surface area contributed by atoms with Gasteiger partial charge in [-0.05, 0) is 48.4 Å². The molecule has 0 fully saturated rings. The summed E-state index contributed by atoms with van der Waals surface area (Å²) in [7, 11) is 3.93. The number of benzene rings is 3.